The molecule has 1 rings (SSSR count). The van der Waals surface area contributed by atoms with Crippen LogP contribution in [-0.4, -0.2) is 12.6 Å². The monoisotopic (exact) mass is 192 g/mol. The number of nitrogens with one attached hydrogen (secondary N) is 1. The van der Waals surface area contributed by atoms with Crippen molar-refractivity contribution in [3.05, 3.63) is 30.3 Å². The van der Waals surface area contributed by atoms with E-state index in [0.29, 0.717) is 5.92 Å². The Kier molecular flexibility index (Phi) is 4.47. The highest BCUT2D eigenvalue weighted by Crippen LogP contribution is 2.08. The van der Waals surface area contributed by atoms with Crippen LogP contribution in [0.5, 0.6) is 0 Å². The third-order valence-corrected chi connectivity index (χ3v) is 2.69. The van der Waals surface area contributed by atoms with Crippen LogP contribution < -0.4 is 11.1 Å². The number of rotatable bonds is 5. The third kappa shape index (κ3) is 3.38. The van der Waals surface area contributed by atoms with Crippen LogP contribution in [0.25, 0.3) is 0 Å². The van der Waals surface area contributed by atoms with Gasteiger partial charge < -0.3 is 11.1 Å². The van der Waals surface area contributed by atoms with Gasteiger partial charge in [-0.15, -0.1) is 0 Å². The van der Waals surface area contributed by atoms with Crippen LogP contribution in [0.1, 0.15) is 20.3 Å². The van der Waals surface area contributed by atoms with Gasteiger partial charge in [0, 0.05) is 18.3 Å². The van der Waals surface area contributed by atoms with Gasteiger partial charge in [0.15, 0.2) is 0 Å². The SMILES string of the molecule is CCC(C)C(N)CNc1ccccc1. The van der Waals surface area contributed by atoms with E-state index in [1.165, 1.54) is 0 Å². The number of nitrogens with two attached hydrogens (primary N) is 1. The summed E-state index contributed by atoms with van der Waals surface area (Å²) < 4.78 is 0. The van der Waals surface area contributed by atoms with Crippen molar-refractivity contribution >= 4 is 5.69 Å². The Morgan fingerprint density at radius 2 is 1.93 bits per heavy atom. The van der Waals surface area contributed by atoms with Gasteiger partial charge in [0.25, 0.3) is 0 Å². The van der Waals surface area contributed by atoms with Crippen LogP contribution in [0.2, 0.25) is 0 Å². The summed E-state index contributed by atoms with van der Waals surface area (Å²) in [5.74, 6) is 0.575. The molecule has 0 fully saturated rings. The molecule has 2 heteroatoms. The lowest BCUT2D eigenvalue weighted by molar-refractivity contribution is 0.457. The molecule has 0 aromatic heterocycles. The molecule has 0 aliphatic heterocycles. The molecule has 3 N–H and O–H groups in total. The molecule has 1 aromatic carbocycles. The Hall–Kier alpha value is -1.02. The molecule has 0 radical (unpaired) electrons. The molecule has 0 amide bonds. The zero-order valence-corrected chi connectivity index (χ0v) is 9.03. The van der Waals surface area contributed by atoms with Gasteiger partial charge in [-0.3, -0.25) is 0 Å². The summed E-state index contributed by atoms with van der Waals surface area (Å²) in [4.78, 5) is 0. The van der Waals surface area contributed by atoms with Crippen molar-refractivity contribution in [1.29, 1.82) is 0 Å². The fourth-order valence-corrected chi connectivity index (χ4v) is 1.30. The fourth-order valence-electron chi connectivity index (χ4n) is 1.30. The fraction of sp³-hybridized carbons (Fsp3) is 0.500. The Balaban J connectivity index is 2.34. The molecule has 14 heavy (non-hydrogen) atoms. The molecule has 78 valence electrons. The quantitative estimate of drug-likeness (QED) is 0.752. The van der Waals surface area contributed by atoms with Gasteiger partial charge in [-0.05, 0) is 18.1 Å². The predicted molar refractivity (Wildman–Crippen MR) is 62.4 cm³/mol. The zero-order chi connectivity index (χ0) is 10.4. The first-order valence-electron chi connectivity index (χ1n) is 5.28. The Labute approximate surface area is 86.5 Å². The van der Waals surface area contributed by atoms with E-state index in [1.54, 1.807) is 0 Å². The van der Waals surface area contributed by atoms with Gasteiger partial charge in [0.2, 0.25) is 0 Å². The van der Waals surface area contributed by atoms with Crippen molar-refractivity contribution in [1.82, 2.24) is 0 Å². The average molecular weight is 192 g/mol. The molecule has 2 unspecified atom stereocenters. The van der Waals surface area contributed by atoms with Crippen molar-refractivity contribution in [2.45, 2.75) is 26.3 Å². The molecule has 0 bridgehead atoms. The highest BCUT2D eigenvalue weighted by atomic mass is 14.9. The number of para-hydroxylation sites is 1. The highest BCUT2D eigenvalue weighted by Gasteiger charge is 2.09. The van der Waals surface area contributed by atoms with Gasteiger partial charge in [-0.1, -0.05) is 38.5 Å². The number of anilines is 1. The minimum absolute atomic E-state index is 0.236. The summed E-state index contributed by atoms with van der Waals surface area (Å²) in [5.41, 5.74) is 7.16. The Morgan fingerprint density at radius 3 is 2.50 bits per heavy atom. The minimum atomic E-state index is 0.236. The van der Waals surface area contributed by atoms with E-state index in [0.717, 1.165) is 18.7 Å². The van der Waals surface area contributed by atoms with E-state index in [9.17, 15) is 0 Å². The van der Waals surface area contributed by atoms with Gasteiger partial charge in [-0.25, -0.2) is 0 Å². The van der Waals surface area contributed by atoms with E-state index in [-0.39, 0.29) is 6.04 Å². The van der Waals surface area contributed by atoms with E-state index in [2.05, 4.69) is 31.3 Å². The lowest BCUT2D eigenvalue weighted by Crippen LogP contribution is -2.35. The van der Waals surface area contributed by atoms with Crippen molar-refractivity contribution in [2.75, 3.05) is 11.9 Å². The first-order chi connectivity index (χ1) is 6.74. The van der Waals surface area contributed by atoms with E-state index >= 15 is 0 Å². The average Bonchev–Trinajstić information content (AvgIpc) is 2.26. The Morgan fingerprint density at radius 1 is 1.29 bits per heavy atom. The smallest absolute Gasteiger partial charge is 0.0340 e. The van der Waals surface area contributed by atoms with Crippen LogP contribution in [0.15, 0.2) is 30.3 Å². The standard InChI is InChI=1S/C12H20N2/c1-3-10(2)12(13)9-14-11-7-5-4-6-8-11/h4-8,10,12,14H,3,9,13H2,1-2H3. The molecule has 0 saturated heterocycles. The maximum atomic E-state index is 6.01. The lowest BCUT2D eigenvalue weighted by atomic mass is 10.0. The first-order valence-corrected chi connectivity index (χ1v) is 5.28. The van der Waals surface area contributed by atoms with Crippen molar-refractivity contribution < 1.29 is 0 Å². The lowest BCUT2D eigenvalue weighted by Gasteiger charge is -2.19. The van der Waals surface area contributed by atoms with Gasteiger partial charge in [-0.2, -0.15) is 0 Å². The van der Waals surface area contributed by atoms with Gasteiger partial charge >= 0.3 is 0 Å². The molecule has 0 aliphatic rings. The minimum Gasteiger partial charge on any atom is -0.383 e. The number of benzene rings is 1. The van der Waals surface area contributed by atoms with Crippen molar-refractivity contribution in [3.8, 4) is 0 Å². The maximum absolute atomic E-state index is 6.01. The predicted octanol–water partition coefficient (Wildman–Crippen LogP) is 2.47. The van der Waals surface area contributed by atoms with Crippen LogP contribution in [0.4, 0.5) is 5.69 Å². The summed E-state index contributed by atoms with van der Waals surface area (Å²) in [6.45, 7) is 5.21. The van der Waals surface area contributed by atoms with E-state index < -0.39 is 0 Å². The van der Waals surface area contributed by atoms with E-state index in [4.69, 9.17) is 5.73 Å². The third-order valence-electron chi connectivity index (χ3n) is 2.69. The first kappa shape index (κ1) is 11.1. The van der Waals surface area contributed by atoms with Crippen molar-refractivity contribution in [2.24, 2.45) is 11.7 Å². The molecule has 0 aliphatic carbocycles. The van der Waals surface area contributed by atoms with E-state index in [1.807, 2.05) is 18.2 Å². The molecule has 0 spiro atoms. The molecular formula is C12H20N2. The van der Waals surface area contributed by atoms with Crippen LogP contribution >= 0.6 is 0 Å². The summed E-state index contributed by atoms with van der Waals surface area (Å²) in [7, 11) is 0. The second kappa shape index (κ2) is 5.66. The summed E-state index contributed by atoms with van der Waals surface area (Å²) in [6, 6.07) is 10.4. The summed E-state index contributed by atoms with van der Waals surface area (Å²) in [5, 5.41) is 3.33. The molecule has 2 atom stereocenters. The molecule has 1 aromatic rings. The van der Waals surface area contributed by atoms with Crippen LogP contribution in [0, 0.1) is 5.92 Å². The largest absolute Gasteiger partial charge is 0.383 e. The van der Waals surface area contributed by atoms with Crippen LogP contribution in [-0.2, 0) is 0 Å². The molecule has 0 heterocycles. The second-order valence-electron chi connectivity index (χ2n) is 3.80. The number of hydrogen-bond donors (Lipinski definition) is 2. The Bertz CT molecular complexity index is 246. The van der Waals surface area contributed by atoms with Crippen molar-refractivity contribution in [3.63, 3.8) is 0 Å². The topological polar surface area (TPSA) is 38.0 Å². The molecular weight excluding hydrogens is 172 g/mol. The maximum Gasteiger partial charge on any atom is 0.0340 e. The zero-order valence-electron chi connectivity index (χ0n) is 9.03. The molecule has 0 saturated carbocycles. The number of hydrogen-bond acceptors (Lipinski definition) is 2. The summed E-state index contributed by atoms with van der Waals surface area (Å²) >= 11 is 0. The highest BCUT2D eigenvalue weighted by molar-refractivity contribution is 5.42. The second-order valence-corrected chi connectivity index (χ2v) is 3.80. The van der Waals surface area contributed by atoms with Gasteiger partial charge in [0.05, 0.1) is 0 Å². The normalized spacial score (nSPS) is 14.8. The van der Waals surface area contributed by atoms with Crippen LogP contribution in [0.3, 0.4) is 0 Å². The van der Waals surface area contributed by atoms with Gasteiger partial charge in [0.1, 0.15) is 0 Å². The summed E-state index contributed by atoms with van der Waals surface area (Å²) in [6.07, 6.45) is 1.14. The molecule has 2 nitrogen and oxygen atoms in total.